The smallest absolute Gasteiger partial charge is 0.312 e. The van der Waals surface area contributed by atoms with Crippen LogP contribution in [-0.4, -0.2) is 22.9 Å². The van der Waals surface area contributed by atoms with Crippen molar-refractivity contribution in [2.24, 2.45) is 11.7 Å². The molecule has 0 aliphatic rings. The van der Waals surface area contributed by atoms with E-state index in [9.17, 15) is 19.7 Å². The third-order valence-electron chi connectivity index (χ3n) is 2.57. The van der Waals surface area contributed by atoms with Crippen LogP contribution >= 0.6 is 0 Å². The molecule has 1 aromatic rings. The Kier molecular flexibility index (Phi) is 5.01. The first-order valence-electron chi connectivity index (χ1n) is 5.92. The quantitative estimate of drug-likeness (QED) is 0.553. The first-order chi connectivity index (χ1) is 9.31. The lowest BCUT2D eigenvalue weighted by atomic mass is 10.0. The lowest BCUT2D eigenvalue weighted by Gasteiger charge is -2.20. The summed E-state index contributed by atoms with van der Waals surface area (Å²) >= 11 is 0. The third kappa shape index (κ3) is 4.23. The first-order valence-corrected chi connectivity index (χ1v) is 5.92. The van der Waals surface area contributed by atoms with Gasteiger partial charge in [-0.2, -0.15) is 0 Å². The summed E-state index contributed by atoms with van der Waals surface area (Å²) in [5, 5.41) is 15.5. The summed E-state index contributed by atoms with van der Waals surface area (Å²) in [4.78, 5) is 33.0. The van der Waals surface area contributed by atoms with Crippen LogP contribution in [0.1, 0.15) is 13.8 Å². The van der Waals surface area contributed by atoms with Crippen LogP contribution in [0.15, 0.2) is 24.3 Å². The fourth-order valence-corrected chi connectivity index (χ4v) is 1.61. The van der Waals surface area contributed by atoms with Crippen molar-refractivity contribution in [3.63, 3.8) is 0 Å². The number of nitrogens with one attached hydrogen (secondary N) is 2. The molecule has 0 saturated heterocycles. The highest BCUT2D eigenvalue weighted by molar-refractivity contribution is 5.97. The minimum atomic E-state index is -0.813. The number of nitrogens with two attached hydrogens (primary N) is 1. The lowest BCUT2D eigenvalue weighted by molar-refractivity contribution is -0.384. The van der Waals surface area contributed by atoms with Crippen molar-refractivity contribution in [2.45, 2.75) is 19.9 Å². The second-order valence-corrected chi connectivity index (χ2v) is 4.53. The van der Waals surface area contributed by atoms with Gasteiger partial charge in [-0.3, -0.25) is 14.9 Å². The number of carbonyl (C=O) groups excluding carboxylic acids is 2. The molecule has 108 valence electrons. The van der Waals surface area contributed by atoms with Gasteiger partial charge in [-0.05, 0) is 12.0 Å². The number of nitrogens with zero attached hydrogens (tertiary/aromatic N) is 1. The van der Waals surface area contributed by atoms with Crippen LogP contribution in [0.25, 0.3) is 0 Å². The summed E-state index contributed by atoms with van der Waals surface area (Å²) in [6.45, 7) is 3.49. The molecule has 20 heavy (non-hydrogen) atoms. The molecule has 1 rings (SSSR count). The van der Waals surface area contributed by atoms with Gasteiger partial charge in [-0.25, -0.2) is 4.79 Å². The molecule has 3 amide bonds. The number of anilines is 1. The molecular formula is C12H16N4O4. The fourth-order valence-electron chi connectivity index (χ4n) is 1.61. The van der Waals surface area contributed by atoms with Gasteiger partial charge in [0.1, 0.15) is 6.04 Å². The maximum atomic E-state index is 12.0. The highest BCUT2D eigenvalue weighted by Crippen LogP contribution is 2.17. The van der Waals surface area contributed by atoms with Crippen LogP contribution in [-0.2, 0) is 4.79 Å². The van der Waals surface area contributed by atoms with E-state index in [2.05, 4.69) is 10.6 Å². The molecule has 1 atom stereocenters. The van der Waals surface area contributed by atoms with Crippen molar-refractivity contribution in [1.29, 1.82) is 0 Å². The number of nitro benzene ring substituents is 1. The Bertz CT molecular complexity index is 530. The van der Waals surface area contributed by atoms with Gasteiger partial charge in [0.15, 0.2) is 0 Å². The van der Waals surface area contributed by atoms with Gasteiger partial charge in [-0.1, -0.05) is 19.9 Å². The summed E-state index contributed by atoms with van der Waals surface area (Å²) in [5.41, 5.74) is 5.15. The molecule has 0 aliphatic carbocycles. The summed E-state index contributed by atoms with van der Waals surface area (Å²) in [6, 6.07) is 3.91. The van der Waals surface area contributed by atoms with Crippen molar-refractivity contribution in [1.82, 2.24) is 5.32 Å². The van der Waals surface area contributed by atoms with Crippen LogP contribution < -0.4 is 16.4 Å². The predicted molar refractivity (Wildman–Crippen MR) is 73.1 cm³/mol. The summed E-state index contributed by atoms with van der Waals surface area (Å²) < 4.78 is 0. The van der Waals surface area contributed by atoms with E-state index in [4.69, 9.17) is 5.73 Å². The Morgan fingerprint density at radius 1 is 1.35 bits per heavy atom. The van der Waals surface area contributed by atoms with E-state index < -0.39 is 22.9 Å². The number of rotatable bonds is 5. The molecule has 0 unspecified atom stereocenters. The van der Waals surface area contributed by atoms with Crippen molar-refractivity contribution in [2.75, 3.05) is 5.32 Å². The standard InChI is InChI=1S/C12H16N4O4/c1-7(2)10(15-12(13)18)11(17)14-8-4-3-5-9(6-8)16(19)20/h3-7,10H,1-2H3,(H,14,17)(H3,13,15,18)/t10-/m0/s1. The number of nitro groups is 1. The van der Waals surface area contributed by atoms with Gasteiger partial charge in [0.05, 0.1) is 4.92 Å². The summed E-state index contributed by atoms with van der Waals surface area (Å²) in [5.74, 6) is -0.666. The highest BCUT2D eigenvalue weighted by Gasteiger charge is 2.23. The molecule has 0 aliphatic heterocycles. The van der Waals surface area contributed by atoms with Crippen LogP contribution in [0.4, 0.5) is 16.2 Å². The van der Waals surface area contributed by atoms with Crippen LogP contribution in [0.2, 0.25) is 0 Å². The fraction of sp³-hybridized carbons (Fsp3) is 0.333. The number of benzene rings is 1. The number of urea groups is 1. The zero-order chi connectivity index (χ0) is 15.3. The molecule has 8 heteroatoms. The average molecular weight is 280 g/mol. The van der Waals surface area contributed by atoms with E-state index in [0.717, 1.165) is 0 Å². The number of carbonyl (C=O) groups is 2. The molecular weight excluding hydrogens is 264 g/mol. The normalized spacial score (nSPS) is 11.8. The van der Waals surface area contributed by atoms with Crippen molar-refractivity contribution in [3.05, 3.63) is 34.4 Å². The van der Waals surface area contributed by atoms with Gasteiger partial charge in [0.2, 0.25) is 5.91 Å². The average Bonchev–Trinajstić information content (AvgIpc) is 2.35. The first kappa shape index (κ1) is 15.4. The van der Waals surface area contributed by atoms with E-state index in [1.807, 2.05) is 0 Å². The molecule has 0 heterocycles. The van der Waals surface area contributed by atoms with Crippen molar-refractivity contribution < 1.29 is 14.5 Å². The van der Waals surface area contributed by atoms with Gasteiger partial charge in [0.25, 0.3) is 5.69 Å². The van der Waals surface area contributed by atoms with Gasteiger partial charge < -0.3 is 16.4 Å². The highest BCUT2D eigenvalue weighted by atomic mass is 16.6. The topological polar surface area (TPSA) is 127 Å². The lowest BCUT2D eigenvalue weighted by Crippen LogP contribution is -2.49. The van der Waals surface area contributed by atoms with E-state index in [0.29, 0.717) is 0 Å². The molecule has 1 aromatic carbocycles. The Hall–Kier alpha value is -2.64. The maximum absolute atomic E-state index is 12.0. The van der Waals surface area contributed by atoms with Gasteiger partial charge >= 0.3 is 6.03 Å². The minimum absolute atomic E-state index is 0.133. The number of hydrogen-bond donors (Lipinski definition) is 3. The van der Waals surface area contributed by atoms with Crippen molar-refractivity contribution >= 4 is 23.3 Å². The predicted octanol–water partition coefficient (Wildman–Crippen LogP) is 1.23. The number of amides is 3. The summed E-state index contributed by atoms with van der Waals surface area (Å²) in [6.07, 6.45) is 0. The molecule has 0 saturated carbocycles. The Balaban J connectivity index is 2.85. The molecule has 8 nitrogen and oxygen atoms in total. The minimum Gasteiger partial charge on any atom is -0.352 e. The second kappa shape index (κ2) is 6.50. The van der Waals surface area contributed by atoms with Gasteiger partial charge in [-0.15, -0.1) is 0 Å². The van der Waals surface area contributed by atoms with E-state index in [-0.39, 0.29) is 17.3 Å². The van der Waals surface area contributed by atoms with E-state index in [1.54, 1.807) is 13.8 Å². The second-order valence-electron chi connectivity index (χ2n) is 4.53. The summed E-state index contributed by atoms with van der Waals surface area (Å²) in [7, 11) is 0. The maximum Gasteiger partial charge on any atom is 0.312 e. The van der Waals surface area contributed by atoms with Crippen LogP contribution in [0.3, 0.4) is 0 Å². The van der Waals surface area contributed by atoms with Crippen LogP contribution in [0, 0.1) is 16.0 Å². The SMILES string of the molecule is CC(C)[C@H](NC(N)=O)C(=O)Nc1cccc([N+](=O)[O-])c1. The van der Waals surface area contributed by atoms with Crippen molar-refractivity contribution in [3.8, 4) is 0 Å². The van der Waals surface area contributed by atoms with Crippen LogP contribution in [0.5, 0.6) is 0 Å². The number of primary amides is 1. The number of hydrogen-bond acceptors (Lipinski definition) is 4. The zero-order valence-electron chi connectivity index (χ0n) is 11.1. The van der Waals surface area contributed by atoms with E-state index in [1.165, 1.54) is 24.3 Å². The largest absolute Gasteiger partial charge is 0.352 e. The molecule has 0 bridgehead atoms. The molecule has 0 spiro atoms. The molecule has 0 radical (unpaired) electrons. The Labute approximate surface area is 115 Å². The molecule has 0 fully saturated rings. The third-order valence-corrected chi connectivity index (χ3v) is 2.57. The molecule has 4 N–H and O–H groups in total. The zero-order valence-corrected chi connectivity index (χ0v) is 11.1. The Morgan fingerprint density at radius 3 is 2.50 bits per heavy atom. The monoisotopic (exact) mass is 280 g/mol. The molecule has 0 aromatic heterocycles. The Morgan fingerprint density at radius 2 is 2.00 bits per heavy atom. The van der Waals surface area contributed by atoms with Gasteiger partial charge in [0, 0.05) is 17.8 Å². The van der Waals surface area contributed by atoms with E-state index >= 15 is 0 Å². The number of non-ortho nitro benzene ring substituents is 1.